The van der Waals surface area contributed by atoms with E-state index in [1.807, 2.05) is 7.05 Å². The number of carbonyl (C=O) groups excluding carboxylic acids is 1. The molecule has 0 aliphatic heterocycles. The Balaban J connectivity index is 2.32. The molecule has 2 aliphatic rings. The predicted molar refractivity (Wildman–Crippen MR) is 64.6 cm³/mol. The molecule has 88 valence electrons. The maximum absolute atomic E-state index is 11.9. The van der Waals surface area contributed by atoms with Crippen LogP contribution in [0.4, 0.5) is 0 Å². The molecule has 0 heterocycles. The summed E-state index contributed by atoms with van der Waals surface area (Å²) in [5.41, 5.74) is 2.31. The molecule has 0 radical (unpaired) electrons. The average Bonchev–Trinajstić information content (AvgIpc) is 2.77. The SMILES string of the molecule is CN/C(=C1\C(=N)CCCC1=O)C1CCCC1. The highest BCUT2D eigenvalue weighted by Gasteiger charge is 2.28. The van der Waals surface area contributed by atoms with E-state index in [0.717, 1.165) is 18.5 Å². The lowest BCUT2D eigenvalue weighted by Gasteiger charge is -2.22. The van der Waals surface area contributed by atoms with Gasteiger partial charge in [0.2, 0.25) is 0 Å². The van der Waals surface area contributed by atoms with E-state index in [0.29, 0.717) is 23.6 Å². The van der Waals surface area contributed by atoms with Gasteiger partial charge in [-0.3, -0.25) is 4.79 Å². The molecule has 3 heteroatoms. The second-order valence-corrected chi connectivity index (χ2v) is 4.78. The van der Waals surface area contributed by atoms with Crippen molar-refractivity contribution in [1.29, 1.82) is 5.41 Å². The van der Waals surface area contributed by atoms with E-state index in [9.17, 15) is 4.79 Å². The van der Waals surface area contributed by atoms with Crippen molar-refractivity contribution in [3.63, 3.8) is 0 Å². The minimum absolute atomic E-state index is 0.174. The third kappa shape index (κ3) is 2.04. The Morgan fingerprint density at radius 1 is 1.25 bits per heavy atom. The molecule has 0 atom stereocenters. The molecule has 0 aromatic heterocycles. The molecule has 2 rings (SSSR count). The van der Waals surface area contributed by atoms with Crippen molar-refractivity contribution in [2.24, 2.45) is 5.92 Å². The first kappa shape index (κ1) is 11.4. The summed E-state index contributed by atoms with van der Waals surface area (Å²) in [6, 6.07) is 0. The normalized spacial score (nSPS) is 26.1. The number of Topliss-reactive ketones (excluding diaryl/α,β-unsaturated/α-hetero) is 1. The van der Waals surface area contributed by atoms with E-state index in [1.54, 1.807) is 0 Å². The number of rotatable bonds is 2. The lowest BCUT2D eigenvalue weighted by Crippen LogP contribution is -2.27. The monoisotopic (exact) mass is 220 g/mol. The lowest BCUT2D eigenvalue weighted by molar-refractivity contribution is -0.115. The summed E-state index contributed by atoms with van der Waals surface area (Å²) >= 11 is 0. The first-order valence-electron chi connectivity index (χ1n) is 6.27. The Morgan fingerprint density at radius 2 is 1.94 bits per heavy atom. The number of hydrogen-bond donors (Lipinski definition) is 2. The smallest absolute Gasteiger partial charge is 0.166 e. The van der Waals surface area contributed by atoms with Gasteiger partial charge < -0.3 is 10.7 Å². The standard InChI is InChI=1S/C13H20N2O/c1-15-13(9-5-2-3-6-9)12-10(14)7-4-8-11(12)16/h9,14-15H,2-8H2,1H3/b13-12+,14-10?. The van der Waals surface area contributed by atoms with Crippen LogP contribution in [0.25, 0.3) is 0 Å². The largest absolute Gasteiger partial charge is 0.391 e. The number of hydrogen-bond acceptors (Lipinski definition) is 3. The highest BCUT2D eigenvalue weighted by Crippen LogP contribution is 2.33. The van der Waals surface area contributed by atoms with Crippen molar-refractivity contribution < 1.29 is 4.79 Å². The van der Waals surface area contributed by atoms with Crippen molar-refractivity contribution >= 4 is 11.5 Å². The van der Waals surface area contributed by atoms with E-state index in [-0.39, 0.29) is 5.78 Å². The Bertz CT molecular complexity index is 320. The number of ketones is 1. The second kappa shape index (κ2) is 4.81. The van der Waals surface area contributed by atoms with Crippen LogP contribution >= 0.6 is 0 Å². The topological polar surface area (TPSA) is 53.0 Å². The summed E-state index contributed by atoms with van der Waals surface area (Å²) < 4.78 is 0. The Labute approximate surface area is 96.8 Å². The van der Waals surface area contributed by atoms with Crippen molar-refractivity contribution in [2.45, 2.75) is 44.9 Å². The van der Waals surface area contributed by atoms with Crippen LogP contribution in [0.15, 0.2) is 11.3 Å². The minimum Gasteiger partial charge on any atom is -0.391 e. The molecule has 2 fully saturated rings. The molecule has 0 spiro atoms. The lowest BCUT2D eigenvalue weighted by atomic mass is 9.86. The Morgan fingerprint density at radius 3 is 2.50 bits per heavy atom. The maximum atomic E-state index is 11.9. The maximum Gasteiger partial charge on any atom is 0.166 e. The van der Waals surface area contributed by atoms with Crippen LogP contribution in [0.1, 0.15) is 44.9 Å². The van der Waals surface area contributed by atoms with Crippen molar-refractivity contribution in [3.8, 4) is 0 Å². The van der Waals surface area contributed by atoms with Crippen LogP contribution in [-0.4, -0.2) is 18.5 Å². The van der Waals surface area contributed by atoms with Gasteiger partial charge in [-0.25, -0.2) is 0 Å². The Hall–Kier alpha value is -1.12. The highest BCUT2D eigenvalue weighted by atomic mass is 16.1. The zero-order chi connectivity index (χ0) is 11.5. The fourth-order valence-electron chi connectivity index (χ4n) is 2.90. The van der Waals surface area contributed by atoms with Crippen LogP contribution in [0.5, 0.6) is 0 Å². The van der Waals surface area contributed by atoms with Crippen molar-refractivity contribution in [3.05, 3.63) is 11.3 Å². The minimum atomic E-state index is 0.174. The summed E-state index contributed by atoms with van der Waals surface area (Å²) in [4.78, 5) is 11.9. The van der Waals surface area contributed by atoms with Gasteiger partial charge in [-0.15, -0.1) is 0 Å². The molecule has 16 heavy (non-hydrogen) atoms. The van der Waals surface area contributed by atoms with E-state index < -0.39 is 0 Å². The molecule has 2 aliphatic carbocycles. The number of nitrogens with one attached hydrogen (secondary N) is 2. The van der Waals surface area contributed by atoms with Gasteiger partial charge in [0.05, 0.1) is 5.57 Å². The van der Waals surface area contributed by atoms with Gasteiger partial charge in [0.25, 0.3) is 0 Å². The molecule has 0 amide bonds. The molecular weight excluding hydrogens is 200 g/mol. The highest BCUT2D eigenvalue weighted by molar-refractivity contribution is 6.23. The van der Waals surface area contributed by atoms with E-state index in [2.05, 4.69) is 5.32 Å². The van der Waals surface area contributed by atoms with Crippen LogP contribution in [0, 0.1) is 11.3 Å². The van der Waals surface area contributed by atoms with Crippen LogP contribution in [0.3, 0.4) is 0 Å². The summed E-state index contributed by atoms with van der Waals surface area (Å²) in [5, 5.41) is 11.1. The van der Waals surface area contributed by atoms with Crippen LogP contribution < -0.4 is 5.32 Å². The number of allylic oxidation sites excluding steroid dienone is 2. The second-order valence-electron chi connectivity index (χ2n) is 4.78. The van der Waals surface area contributed by atoms with Crippen molar-refractivity contribution in [2.75, 3.05) is 7.05 Å². The van der Waals surface area contributed by atoms with Crippen molar-refractivity contribution in [1.82, 2.24) is 5.32 Å². The van der Waals surface area contributed by atoms with Gasteiger partial charge >= 0.3 is 0 Å². The van der Waals surface area contributed by atoms with E-state index in [1.165, 1.54) is 25.7 Å². The first-order chi connectivity index (χ1) is 7.74. The molecule has 2 N–H and O–H groups in total. The zero-order valence-corrected chi connectivity index (χ0v) is 9.94. The summed E-state index contributed by atoms with van der Waals surface area (Å²) in [6.07, 6.45) is 7.08. The molecular formula is C13H20N2O. The fraction of sp³-hybridized carbons (Fsp3) is 0.692. The van der Waals surface area contributed by atoms with Gasteiger partial charge in [0.15, 0.2) is 5.78 Å². The van der Waals surface area contributed by atoms with Gasteiger partial charge in [-0.05, 0) is 31.6 Å². The van der Waals surface area contributed by atoms with E-state index in [4.69, 9.17) is 5.41 Å². The van der Waals surface area contributed by atoms with Gasteiger partial charge in [-0.1, -0.05) is 12.8 Å². The third-order valence-corrected chi connectivity index (χ3v) is 3.71. The van der Waals surface area contributed by atoms with Gasteiger partial charge in [0.1, 0.15) is 0 Å². The van der Waals surface area contributed by atoms with Gasteiger partial charge in [0, 0.05) is 24.9 Å². The Kier molecular flexibility index (Phi) is 3.42. The predicted octanol–water partition coefficient (Wildman–Crippen LogP) is 2.42. The van der Waals surface area contributed by atoms with Crippen LogP contribution in [-0.2, 0) is 4.79 Å². The molecule has 2 saturated carbocycles. The molecule has 0 bridgehead atoms. The number of carbonyl (C=O) groups is 1. The van der Waals surface area contributed by atoms with Gasteiger partial charge in [-0.2, -0.15) is 0 Å². The van der Waals surface area contributed by atoms with E-state index >= 15 is 0 Å². The molecule has 0 unspecified atom stereocenters. The summed E-state index contributed by atoms with van der Waals surface area (Å²) in [5.74, 6) is 0.662. The first-order valence-corrected chi connectivity index (χ1v) is 6.27. The third-order valence-electron chi connectivity index (χ3n) is 3.71. The zero-order valence-electron chi connectivity index (χ0n) is 9.94. The molecule has 0 saturated heterocycles. The summed E-state index contributed by atoms with van der Waals surface area (Å²) in [7, 11) is 1.88. The van der Waals surface area contributed by atoms with Crippen LogP contribution in [0.2, 0.25) is 0 Å². The summed E-state index contributed by atoms with van der Waals surface area (Å²) in [6.45, 7) is 0. The fourth-order valence-corrected chi connectivity index (χ4v) is 2.90. The molecule has 3 nitrogen and oxygen atoms in total. The average molecular weight is 220 g/mol. The quantitative estimate of drug-likeness (QED) is 0.702. The molecule has 0 aromatic carbocycles. The molecule has 0 aromatic rings.